The monoisotopic (exact) mass is 352 g/mol. The predicted octanol–water partition coefficient (Wildman–Crippen LogP) is 1.81. The highest BCUT2D eigenvalue weighted by molar-refractivity contribution is 7.90. The number of urea groups is 1. The lowest BCUT2D eigenvalue weighted by atomic mass is 9.81. The Kier molecular flexibility index (Phi) is 4.03. The van der Waals surface area contributed by atoms with E-state index in [-0.39, 0.29) is 23.0 Å². The first-order valence-electron chi connectivity index (χ1n) is 7.82. The molecule has 0 bridgehead atoms. The number of aliphatic carboxylic acids is 1. The number of carboxylic acid groups (broad SMARTS) is 1. The highest BCUT2D eigenvalue weighted by Crippen LogP contribution is 2.49. The zero-order chi connectivity index (χ0) is 17.5. The summed E-state index contributed by atoms with van der Waals surface area (Å²) >= 11 is 0. The average Bonchev–Trinajstić information content (AvgIpc) is 3.04. The molecule has 8 heteroatoms. The molecule has 0 radical (unpaired) electrons. The normalized spacial score (nSPS) is 26.2. The fourth-order valence-electron chi connectivity index (χ4n) is 3.88. The minimum atomic E-state index is -3.47. The van der Waals surface area contributed by atoms with Gasteiger partial charge in [-0.05, 0) is 30.9 Å². The number of carbonyl (C=O) groups is 2. The van der Waals surface area contributed by atoms with Crippen molar-refractivity contribution < 1.29 is 23.1 Å². The van der Waals surface area contributed by atoms with Crippen molar-refractivity contribution >= 4 is 27.5 Å². The third-order valence-electron chi connectivity index (χ3n) is 5.11. The zero-order valence-corrected chi connectivity index (χ0v) is 14.2. The lowest BCUT2D eigenvalue weighted by molar-refractivity contribution is -0.149. The molecule has 2 atom stereocenters. The van der Waals surface area contributed by atoms with Gasteiger partial charge in [0.15, 0.2) is 9.84 Å². The molecule has 0 aromatic heterocycles. The first kappa shape index (κ1) is 16.8. The molecule has 7 nitrogen and oxygen atoms in total. The van der Waals surface area contributed by atoms with Gasteiger partial charge in [0.1, 0.15) is 0 Å². The van der Waals surface area contributed by atoms with Crippen LogP contribution in [-0.4, -0.2) is 49.8 Å². The van der Waals surface area contributed by atoms with Crippen molar-refractivity contribution in [3.05, 3.63) is 24.3 Å². The molecule has 1 aliphatic heterocycles. The van der Waals surface area contributed by atoms with E-state index in [4.69, 9.17) is 0 Å². The number of nitrogens with one attached hydrogen (secondary N) is 1. The second-order valence-electron chi connectivity index (χ2n) is 6.63. The Morgan fingerprint density at radius 1 is 1.33 bits per heavy atom. The topological polar surface area (TPSA) is 104 Å². The summed E-state index contributed by atoms with van der Waals surface area (Å²) in [4.78, 5) is 25.7. The van der Waals surface area contributed by atoms with Gasteiger partial charge in [-0.25, -0.2) is 13.2 Å². The van der Waals surface area contributed by atoms with Gasteiger partial charge in [-0.2, -0.15) is 0 Å². The molecule has 1 aliphatic carbocycles. The number of likely N-dealkylation sites (tertiary alicyclic amines) is 1. The molecule has 2 aliphatic rings. The van der Waals surface area contributed by atoms with Crippen LogP contribution in [0.5, 0.6) is 0 Å². The lowest BCUT2D eigenvalue weighted by Crippen LogP contribution is -2.38. The van der Waals surface area contributed by atoms with Crippen LogP contribution in [0.3, 0.4) is 0 Å². The predicted molar refractivity (Wildman–Crippen MR) is 87.6 cm³/mol. The zero-order valence-electron chi connectivity index (χ0n) is 13.4. The Morgan fingerprint density at radius 3 is 2.67 bits per heavy atom. The van der Waals surface area contributed by atoms with Crippen LogP contribution in [0.25, 0.3) is 0 Å². The van der Waals surface area contributed by atoms with Crippen molar-refractivity contribution in [3.63, 3.8) is 0 Å². The Bertz CT molecular complexity index is 791. The number of hydrogen-bond acceptors (Lipinski definition) is 4. The van der Waals surface area contributed by atoms with E-state index in [1.54, 1.807) is 12.1 Å². The van der Waals surface area contributed by atoms with Crippen LogP contribution in [0.1, 0.15) is 19.3 Å². The number of nitrogens with zero attached hydrogens (tertiary/aromatic N) is 1. The second-order valence-corrected chi connectivity index (χ2v) is 8.61. The van der Waals surface area contributed by atoms with Crippen LogP contribution >= 0.6 is 0 Å². The summed E-state index contributed by atoms with van der Waals surface area (Å²) < 4.78 is 23.6. The fraction of sp³-hybridized carbons (Fsp3) is 0.500. The number of benzene rings is 1. The summed E-state index contributed by atoms with van der Waals surface area (Å²) in [5, 5.41) is 12.2. The molecule has 1 heterocycles. The van der Waals surface area contributed by atoms with Gasteiger partial charge >= 0.3 is 12.0 Å². The summed E-state index contributed by atoms with van der Waals surface area (Å²) in [6.07, 6.45) is 3.33. The van der Waals surface area contributed by atoms with Crippen molar-refractivity contribution in [2.24, 2.45) is 11.3 Å². The number of sulfone groups is 1. The molecule has 1 saturated heterocycles. The molecule has 2 fully saturated rings. The maximum absolute atomic E-state index is 12.5. The number of para-hydroxylation sites is 1. The largest absolute Gasteiger partial charge is 0.481 e. The number of anilines is 1. The lowest BCUT2D eigenvalue weighted by Gasteiger charge is -2.23. The fourth-order valence-corrected chi connectivity index (χ4v) is 4.73. The van der Waals surface area contributed by atoms with E-state index in [0.29, 0.717) is 13.0 Å². The summed E-state index contributed by atoms with van der Waals surface area (Å²) in [5.74, 6) is -0.886. The van der Waals surface area contributed by atoms with Gasteiger partial charge < -0.3 is 15.3 Å². The molecule has 2 amide bonds. The van der Waals surface area contributed by atoms with Crippen LogP contribution in [-0.2, 0) is 14.6 Å². The Morgan fingerprint density at radius 2 is 2.04 bits per heavy atom. The molecular weight excluding hydrogens is 332 g/mol. The van der Waals surface area contributed by atoms with Crippen molar-refractivity contribution in [1.29, 1.82) is 0 Å². The first-order chi connectivity index (χ1) is 11.2. The quantitative estimate of drug-likeness (QED) is 0.863. The van der Waals surface area contributed by atoms with E-state index in [1.807, 2.05) is 0 Å². The maximum atomic E-state index is 12.5. The minimum absolute atomic E-state index is 0.0362. The van der Waals surface area contributed by atoms with Gasteiger partial charge in [-0.1, -0.05) is 18.6 Å². The van der Waals surface area contributed by atoms with E-state index in [1.165, 1.54) is 17.0 Å². The molecule has 1 aromatic carbocycles. The molecular formula is C16H20N2O5S. The van der Waals surface area contributed by atoms with Crippen molar-refractivity contribution in [2.75, 3.05) is 24.7 Å². The summed E-state index contributed by atoms with van der Waals surface area (Å²) in [7, 11) is -3.47. The number of rotatable bonds is 3. The number of fused-ring (bicyclic) bond motifs is 1. The minimum Gasteiger partial charge on any atom is -0.481 e. The van der Waals surface area contributed by atoms with E-state index >= 15 is 0 Å². The molecule has 3 rings (SSSR count). The van der Waals surface area contributed by atoms with Gasteiger partial charge in [-0.3, -0.25) is 4.79 Å². The van der Waals surface area contributed by atoms with Crippen LogP contribution in [0.2, 0.25) is 0 Å². The van der Waals surface area contributed by atoms with E-state index in [2.05, 4.69) is 5.32 Å². The molecule has 0 spiro atoms. The van der Waals surface area contributed by atoms with Gasteiger partial charge in [0.25, 0.3) is 0 Å². The Labute approximate surface area is 140 Å². The first-order valence-corrected chi connectivity index (χ1v) is 9.71. The van der Waals surface area contributed by atoms with Crippen LogP contribution in [0.4, 0.5) is 10.5 Å². The van der Waals surface area contributed by atoms with Gasteiger partial charge in [-0.15, -0.1) is 0 Å². The standard InChI is InChI=1S/C16H20N2O5S/c1-24(22,23)13-7-3-2-6-12(13)17-15(21)18-9-11-5-4-8-16(11,10-18)14(19)20/h2-3,6-7,11H,4-5,8-10H2,1H3,(H,17,21)(H,19,20)/t11-,16+/m0/s1. The molecule has 1 saturated carbocycles. The van der Waals surface area contributed by atoms with E-state index in [9.17, 15) is 23.1 Å². The smallest absolute Gasteiger partial charge is 0.321 e. The second kappa shape index (κ2) is 5.77. The molecule has 24 heavy (non-hydrogen) atoms. The van der Waals surface area contributed by atoms with Crippen molar-refractivity contribution in [1.82, 2.24) is 4.90 Å². The van der Waals surface area contributed by atoms with Gasteiger partial charge in [0, 0.05) is 19.3 Å². The third-order valence-corrected chi connectivity index (χ3v) is 6.27. The number of carbonyl (C=O) groups excluding carboxylic acids is 1. The summed E-state index contributed by atoms with van der Waals surface area (Å²) in [5.41, 5.74) is -0.639. The maximum Gasteiger partial charge on any atom is 0.321 e. The van der Waals surface area contributed by atoms with Crippen molar-refractivity contribution in [2.45, 2.75) is 24.2 Å². The number of amides is 2. The van der Waals surface area contributed by atoms with Crippen LogP contribution in [0.15, 0.2) is 29.2 Å². The van der Waals surface area contributed by atoms with Crippen LogP contribution in [0, 0.1) is 11.3 Å². The van der Waals surface area contributed by atoms with Gasteiger partial charge in [0.2, 0.25) is 0 Å². The molecule has 130 valence electrons. The molecule has 0 unspecified atom stereocenters. The summed E-state index contributed by atoms with van der Waals surface area (Å²) in [6.45, 7) is 0.555. The van der Waals surface area contributed by atoms with E-state index < -0.39 is 27.3 Å². The highest BCUT2D eigenvalue weighted by Gasteiger charge is 2.55. The number of carboxylic acids is 1. The Balaban J connectivity index is 1.80. The van der Waals surface area contributed by atoms with Crippen molar-refractivity contribution in [3.8, 4) is 0 Å². The van der Waals surface area contributed by atoms with Crippen LogP contribution < -0.4 is 5.32 Å². The SMILES string of the molecule is CS(=O)(=O)c1ccccc1NC(=O)N1C[C@@H]2CCC[C@@]2(C(=O)O)C1. The highest BCUT2D eigenvalue weighted by atomic mass is 32.2. The molecule has 1 aromatic rings. The molecule has 2 N–H and O–H groups in total. The van der Waals surface area contributed by atoms with E-state index in [0.717, 1.165) is 19.1 Å². The third kappa shape index (κ3) is 2.75. The van der Waals surface area contributed by atoms with Gasteiger partial charge in [0.05, 0.1) is 16.0 Å². The average molecular weight is 352 g/mol. The Hall–Kier alpha value is -2.09. The summed E-state index contributed by atoms with van der Waals surface area (Å²) in [6, 6.07) is 5.73. The number of hydrogen-bond donors (Lipinski definition) is 2.